The number of pyridine rings is 1. The summed E-state index contributed by atoms with van der Waals surface area (Å²) in [7, 11) is 0. The Morgan fingerprint density at radius 3 is 2.55 bits per heavy atom. The minimum Gasteiger partial charge on any atom is -0.235 e. The van der Waals surface area contributed by atoms with Crippen LogP contribution in [0.5, 0.6) is 0 Å². The number of hydrogen-bond donors (Lipinski definition) is 0. The molecule has 1 aliphatic rings. The molecule has 0 bridgehead atoms. The Morgan fingerprint density at radius 2 is 1.90 bits per heavy atom. The van der Waals surface area contributed by atoms with E-state index in [1.165, 1.54) is 62.8 Å². The molecule has 0 aliphatic heterocycles. The van der Waals surface area contributed by atoms with Gasteiger partial charge < -0.3 is 0 Å². The fourth-order valence-electron chi connectivity index (χ4n) is 4.11. The predicted molar refractivity (Wildman–Crippen MR) is 120 cm³/mol. The quantitative estimate of drug-likeness (QED) is 0.300. The third-order valence-electron chi connectivity index (χ3n) is 5.87. The Morgan fingerprint density at radius 1 is 1.14 bits per heavy atom. The third kappa shape index (κ3) is 5.82. The first-order valence-corrected chi connectivity index (χ1v) is 10.9. The van der Waals surface area contributed by atoms with Gasteiger partial charge in [0.2, 0.25) is 0 Å². The van der Waals surface area contributed by atoms with E-state index in [2.05, 4.69) is 71.2 Å². The van der Waals surface area contributed by atoms with E-state index in [9.17, 15) is 4.39 Å². The molecule has 1 saturated carbocycles. The van der Waals surface area contributed by atoms with E-state index in [1.807, 2.05) is 0 Å². The van der Waals surface area contributed by atoms with E-state index in [-0.39, 0.29) is 11.4 Å². The van der Waals surface area contributed by atoms with E-state index in [0.717, 1.165) is 17.0 Å². The number of thiocarbonyl (C=S) groups is 1. The maximum Gasteiger partial charge on any atom is 0.165 e. The number of hydrogen-bond acceptors (Lipinski definition) is 3. The maximum atomic E-state index is 14.1. The van der Waals surface area contributed by atoms with Gasteiger partial charge in [0.15, 0.2) is 5.82 Å². The van der Waals surface area contributed by atoms with Crippen LogP contribution >= 0.6 is 12.2 Å². The van der Waals surface area contributed by atoms with Gasteiger partial charge in [0.25, 0.3) is 0 Å². The summed E-state index contributed by atoms with van der Waals surface area (Å²) >= 11 is 4.51. The Bertz CT molecular complexity index is 959. The number of nitrogens with zero attached hydrogens (tertiary/aromatic N) is 2. The number of unbranched alkanes of at least 4 members (excludes halogenated alkanes) is 1. The summed E-state index contributed by atoms with van der Waals surface area (Å²) in [4.78, 5) is 7.71. The van der Waals surface area contributed by atoms with Crippen molar-refractivity contribution >= 4 is 23.2 Å². The molecule has 1 aliphatic carbocycles. The molecule has 0 radical (unpaired) electrons. The van der Waals surface area contributed by atoms with Gasteiger partial charge in [-0.15, -0.1) is 0 Å². The molecule has 1 aromatic heterocycles. The zero-order chi connectivity index (χ0) is 20.6. The molecule has 0 unspecified atom stereocenters. The molecule has 0 amide bonds. The zero-order valence-corrected chi connectivity index (χ0v) is 18.0. The molecule has 29 heavy (non-hydrogen) atoms. The summed E-state index contributed by atoms with van der Waals surface area (Å²) in [5.41, 5.74) is 3.73. The van der Waals surface area contributed by atoms with Crippen LogP contribution in [0.15, 0.2) is 35.5 Å². The van der Waals surface area contributed by atoms with Crippen LogP contribution < -0.4 is 0 Å². The number of rotatable bonds is 5. The van der Waals surface area contributed by atoms with E-state index in [4.69, 9.17) is 0 Å². The van der Waals surface area contributed by atoms with Gasteiger partial charge in [0.1, 0.15) is 5.82 Å². The largest absolute Gasteiger partial charge is 0.235 e. The summed E-state index contributed by atoms with van der Waals surface area (Å²) in [5.74, 6) is 7.30. The van der Waals surface area contributed by atoms with Crippen LogP contribution in [0, 0.1) is 30.5 Å². The summed E-state index contributed by atoms with van der Waals surface area (Å²) in [5, 5.41) is 2.18. The number of isothiocyanates is 1. The van der Waals surface area contributed by atoms with E-state index in [0.29, 0.717) is 5.92 Å². The number of benzene rings is 1. The van der Waals surface area contributed by atoms with Crippen LogP contribution in [-0.2, 0) is 0 Å². The smallest absolute Gasteiger partial charge is 0.165 e. The first kappa shape index (κ1) is 21.4. The molecule has 3 rings (SSSR count). The van der Waals surface area contributed by atoms with E-state index in [1.54, 1.807) is 0 Å². The minimum atomic E-state index is -0.453. The van der Waals surface area contributed by atoms with Crippen LogP contribution in [0.3, 0.4) is 0 Å². The van der Waals surface area contributed by atoms with Crippen molar-refractivity contribution in [1.82, 2.24) is 4.98 Å². The second kappa shape index (κ2) is 10.4. The highest BCUT2D eigenvalue weighted by Crippen LogP contribution is 2.38. The van der Waals surface area contributed by atoms with Gasteiger partial charge in [-0.1, -0.05) is 50.2 Å². The molecule has 150 valence electrons. The lowest BCUT2D eigenvalue weighted by Crippen LogP contribution is -2.13. The summed E-state index contributed by atoms with van der Waals surface area (Å²) in [6.07, 6.45) is 10.7. The van der Waals surface area contributed by atoms with Gasteiger partial charge >= 0.3 is 0 Å². The van der Waals surface area contributed by atoms with E-state index < -0.39 is 5.82 Å². The van der Waals surface area contributed by atoms with Crippen molar-refractivity contribution in [2.75, 3.05) is 0 Å². The first-order valence-electron chi connectivity index (χ1n) is 10.5. The SMILES string of the molecule is CCCCC1CCC(c2ccc(C#Cc3cnc(N=C=S)cc3F)c(C)c2)CC1. The van der Waals surface area contributed by atoms with Crippen molar-refractivity contribution in [2.45, 2.75) is 64.7 Å². The highest BCUT2D eigenvalue weighted by molar-refractivity contribution is 7.78. The fraction of sp³-hybridized carbons (Fsp3) is 0.440. The predicted octanol–water partition coefficient (Wildman–Crippen LogP) is 7.13. The average molecular weight is 407 g/mol. The Hall–Kier alpha value is -2.34. The van der Waals surface area contributed by atoms with Gasteiger partial charge in [-0.25, -0.2) is 9.37 Å². The highest BCUT2D eigenvalue weighted by Gasteiger charge is 2.22. The lowest BCUT2D eigenvalue weighted by molar-refractivity contribution is 0.304. The molecule has 2 nitrogen and oxygen atoms in total. The number of aromatic nitrogens is 1. The first-order chi connectivity index (χ1) is 14.1. The fourth-order valence-corrected chi connectivity index (χ4v) is 4.21. The van der Waals surface area contributed by atoms with Crippen LogP contribution in [-0.4, -0.2) is 10.1 Å². The molecule has 0 atom stereocenters. The average Bonchev–Trinajstić information content (AvgIpc) is 2.73. The molecule has 0 spiro atoms. The number of halogens is 1. The van der Waals surface area contributed by atoms with Crippen LogP contribution in [0.4, 0.5) is 10.2 Å². The van der Waals surface area contributed by atoms with Gasteiger partial charge in [0, 0.05) is 17.8 Å². The molecule has 2 aromatic rings. The lowest BCUT2D eigenvalue weighted by Gasteiger charge is -2.29. The number of aliphatic imine (C=N–C) groups is 1. The summed E-state index contributed by atoms with van der Waals surface area (Å²) < 4.78 is 14.1. The minimum absolute atomic E-state index is 0.202. The second-order valence-electron chi connectivity index (χ2n) is 7.91. The van der Waals surface area contributed by atoms with Crippen molar-refractivity contribution in [1.29, 1.82) is 0 Å². The molecule has 0 N–H and O–H groups in total. The molecule has 4 heteroatoms. The van der Waals surface area contributed by atoms with Gasteiger partial charge in [-0.3, -0.25) is 0 Å². The van der Waals surface area contributed by atoms with Crippen molar-refractivity contribution in [2.24, 2.45) is 10.9 Å². The molecular weight excluding hydrogens is 379 g/mol. The van der Waals surface area contributed by atoms with Crippen molar-refractivity contribution in [3.05, 3.63) is 58.5 Å². The lowest BCUT2D eigenvalue weighted by atomic mass is 9.76. The highest BCUT2D eigenvalue weighted by atomic mass is 32.1. The molecule has 1 fully saturated rings. The van der Waals surface area contributed by atoms with Crippen molar-refractivity contribution in [3.63, 3.8) is 0 Å². The Kier molecular flexibility index (Phi) is 7.69. The molecule has 1 heterocycles. The summed E-state index contributed by atoms with van der Waals surface area (Å²) in [6, 6.07) is 7.74. The van der Waals surface area contributed by atoms with Gasteiger partial charge in [-0.2, -0.15) is 4.99 Å². The van der Waals surface area contributed by atoms with Crippen LogP contribution in [0.25, 0.3) is 0 Å². The molecule has 0 saturated heterocycles. The van der Waals surface area contributed by atoms with E-state index >= 15 is 0 Å². The maximum absolute atomic E-state index is 14.1. The number of aryl methyl sites for hydroxylation is 1. The molecular formula is C25H27FN2S. The van der Waals surface area contributed by atoms with Crippen LogP contribution in [0.2, 0.25) is 0 Å². The third-order valence-corrected chi connectivity index (χ3v) is 5.96. The van der Waals surface area contributed by atoms with Crippen molar-refractivity contribution < 1.29 is 4.39 Å². The topological polar surface area (TPSA) is 25.2 Å². The molecule has 1 aromatic carbocycles. The Balaban J connectivity index is 1.68. The zero-order valence-electron chi connectivity index (χ0n) is 17.2. The van der Waals surface area contributed by atoms with Gasteiger partial charge in [-0.05, 0) is 73.9 Å². The monoisotopic (exact) mass is 406 g/mol. The standard InChI is InChI=1S/C25H27FN2S/c1-3-4-5-19-6-8-21(9-7-19)22-12-10-20(18(2)14-22)11-13-23-16-27-25(28-17-29)15-24(23)26/h10,12,14-16,19,21H,3-9H2,1-2H3. The Labute approximate surface area is 178 Å². The second-order valence-corrected chi connectivity index (χ2v) is 8.09. The van der Waals surface area contributed by atoms with Crippen LogP contribution in [0.1, 0.15) is 80.0 Å². The summed E-state index contributed by atoms with van der Waals surface area (Å²) in [6.45, 7) is 4.35. The van der Waals surface area contributed by atoms with Crippen molar-refractivity contribution in [3.8, 4) is 11.8 Å². The van der Waals surface area contributed by atoms with Gasteiger partial charge in [0.05, 0.1) is 10.7 Å². The normalized spacial score (nSPS) is 18.4.